The fourth-order valence-electron chi connectivity index (χ4n) is 2.29. The van der Waals surface area contributed by atoms with E-state index in [9.17, 15) is 9.59 Å². The summed E-state index contributed by atoms with van der Waals surface area (Å²) in [6.45, 7) is 1.44. The van der Waals surface area contributed by atoms with E-state index in [0.29, 0.717) is 16.9 Å². The fraction of sp³-hybridized carbons (Fsp3) is 0.0556. The van der Waals surface area contributed by atoms with Crippen molar-refractivity contribution in [1.82, 2.24) is 9.78 Å². The second kappa shape index (κ2) is 6.78. The van der Waals surface area contributed by atoms with E-state index in [1.807, 2.05) is 18.3 Å². The molecule has 0 saturated carbocycles. The molecule has 24 heavy (non-hydrogen) atoms. The number of hydrogen-bond donors (Lipinski definition) is 2. The highest BCUT2D eigenvalue weighted by Gasteiger charge is 2.08. The SMILES string of the molecule is CC(=O)Nc1cccc(NC(=O)c2cccc(-n3cccn3)c2)c1. The van der Waals surface area contributed by atoms with Gasteiger partial charge in [0.05, 0.1) is 5.69 Å². The van der Waals surface area contributed by atoms with Crippen LogP contribution in [-0.4, -0.2) is 21.6 Å². The minimum absolute atomic E-state index is 0.162. The highest BCUT2D eigenvalue weighted by Crippen LogP contribution is 2.17. The highest BCUT2D eigenvalue weighted by atomic mass is 16.2. The molecule has 1 aromatic heterocycles. The van der Waals surface area contributed by atoms with Crippen LogP contribution in [0.1, 0.15) is 17.3 Å². The van der Waals surface area contributed by atoms with E-state index in [4.69, 9.17) is 0 Å². The van der Waals surface area contributed by atoms with Gasteiger partial charge in [-0.3, -0.25) is 9.59 Å². The number of benzene rings is 2. The molecule has 0 unspecified atom stereocenters. The van der Waals surface area contributed by atoms with Crippen LogP contribution in [-0.2, 0) is 4.79 Å². The van der Waals surface area contributed by atoms with E-state index >= 15 is 0 Å². The lowest BCUT2D eigenvalue weighted by Crippen LogP contribution is -2.13. The summed E-state index contributed by atoms with van der Waals surface area (Å²) in [4.78, 5) is 23.6. The minimum Gasteiger partial charge on any atom is -0.326 e. The molecule has 6 heteroatoms. The number of carbonyl (C=O) groups is 2. The lowest BCUT2D eigenvalue weighted by molar-refractivity contribution is -0.114. The van der Waals surface area contributed by atoms with Gasteiger partial charge in [0.2, 0.25) is 5.91 Å². The first-order valence-electron chi connectivity index (χ1n) is 7.41. The van der Waals surface area contributed by atoms with E-state index in [2.05, 4.69) is 15.7 Å². The average molecular weight is 320 g/mol. The van der Waals surface area contributed by atoms with Crippen molar-refractivity contribution in [1.29, 1.82) is 0 Å². The maximum absolute atomic E-state index is 12.4. The Morgan fingerprint density at radius 3 is 2.42 bits per heavy atom. The average Bonchev–Trinajstić information content (AvgIpc) is 3.09. The van der Waals surface area contributed by atoms with Crippen LogP contribution in [0.2, 0.25) is 0 Å². The third kappa shape index (κ3) is 3.67. The molecular weight excluding hydrogens is 304 g/mol. The first kappa shape index (κ1) is 15.5. The molecule has 0 radical (unpaired) electrons. The Morgan fingerprint density at radius 1 is 0.958 bits per heavy atom. The molecule has 0 aliphatic rings. The van der Waals surface area contributed by atoms with Gasteiger partial charge in [-0.25, -0.2) is 4.68 Å². The van der Waals surface area contributed by atoms with Gasteiger partial charge >= 0.3 is 0 Å². The topological polar surface area (TPSA) is 76.0 Å². The van der Waals surface area contributed by atoms with Crippen molar-refractivity contribution in [2.75, 3.05) is 10.6 Å². The molecule has 3 rings (SSSR count). The largest absolute Gasteiger partial charge is 0.326 e. The van der Waals surface area contributed by atoms with Crippen molar-refractivity contribution in [2.24, 2.45) is 0 Å². The van der Waals surface area contributed by atoms with Crippen LogP contribution in [0.5, 0.6) is 0 Å². The molecule has 0 saturated heterocycles. The number of rotatable bonds is 4. The van der Waals surface area contributed by atoms with Crippen molar-refractivity contribution in [3.63, 3.8) is 0 Å². The third-order valence-electron chi connectivity index (χ3n) is 3.32. The van der Waals surface area contributed by atoms with E-state index in [0.717, 1.165) is 5.69 Å². The molecule has 2 aromatic carbocycles. The molecule has 120 valence electrons. The van der Waals surface area contributed by atoms with Gasteiger partial charge in [-0.15, -0.1) is 0 Å². The van der Waals surface area contributed by atoms with Crippen LogP contribution in [0.25, 0.3) is 5.69 Å². The van der Waals surface area contributed by atoms with Crippen molar-refractivity contribution >= 4 is 23.2 Å². The number of hydrogen-bond acceptors (Lipinski definition) is 3. The summed E-state index contributed by atoms with van der Waals surface area (Å²) >= 11 is 0. The van der Waals surface area contributed by atoms with Gasteiger partial charge in [-0.1, -0.05) is 12.1 Å². The second-order valence-corrected chi connectivity index (χ2v) is 5.22. The van der Waals surface area contributed by atoms with Crippen LogP contribution in [0.3, 0.4) is 0 Å². The Hall–Kier alpha value is -3.41. The second-order valence-electron chi connectivity index (χ2n) is 5.22. The van der Waals surface area contributed by atoms with Gasteiger partial charge in [0.15, 0.2) is 0 Å². The van der Waals surface area contributed by atoms with Gasteiger partial charge in [-0.05, 0) is 42.5 Å². The van der Waals surface area contributed by atoms with E-state index < -0.39 is 0 Å². The molecule has 0 bridgehead atoms. The Bertz CT molecular complexity index is 872. The van der Waals surface area contributed by atoms with Crippen LogP contribution < -0.4 is 10.6 Å². The van der Waals surface area contributed by atoms with Crippen LogP contribution in [0.15, 0.2) is 67.0 Å². The van der Waals surface area contributed by atoms with Crippen molar-refractivity contribution in [3.05, 3.63) is 72.6 Å². The van der Waals surface area contributed by atoms with Gasteiger partial charge in [0, 0.05) is 36.3 Å². The number of amides is 2. The Morgan fingerprint density at radius 2 is 1.71 bits per heavy atom. The molecule has 0 spiro atoms. The summed E-state index contributed by atoms with van der Waals surface area (Å²) in [5.74, 6) is -0.394. The van der Waals surface area contributed by atoms with E-state index in [1.54, 1.807) is 53.3 Å². The first-order valence-corrected chi connectivity index (χ1v) is 7.41. The maximum Gasteiger partial charge on any atom is 0.255 e. The third-order valence-corrected chi connectivity index (χ3v) is 3.32. The number of nitrogens with one attached hydrogen (secondary N) is 2. The predicted molar refractivity (Wildman–Crippen MR) is 92.3 cm³/mol. The van der Waals surface area contributed by atoms with Crippen LogP contribution in [0, 0.1) is 0 Å². The summed E-state index contributed by atoms with van der Waals surface area (Å²) in [7, 11) is 0. The molecule has 0 atom stereocenters. The zero-order valence-electron chi connectivity index (χ0n) is 13.1. The molecule has 6 nitrogen and oxygen atoms in total. The normalized spacial score (nSPS) is 10.2. The van der Waals surface area contributed by atoms with Gasteiger partial charge in [-0.2, -0.15) is 5.10 Å². The lowest BCUT2D eigenvalue weighted by atomic mass is 10.2. The van der Waals surface area contributed by atoms with Crippen molar-refractivity contribution in [3.8, 4) is 5.69 Å². The van der Waals surface area contributed by atoms with Crippen LogP contribution in [0.4, 0.5) is 11.4 Å². The summed E-state index contributed by atoms with van der Waals surface area (Å²) < 4.78 is 1.69. The molecule has 0 fully saturated rings. The van der Waals surface area contributed by atoms with Crippen molar-refractivity contribution < 1.29 is 9.59 Å². The highest BCUT2D eigenvalue weighted by molar-refractivity contribution is 6.05. The summed E-state index contributed by atoms with van der Waals surface area (Å²) in [5, 5.41) is 9.66. The lowest BCUT2D eigenvalue weighted by Gasteiger charge is -2.09. The Labute approximate surface area is 139 Å². The molecule has 0 aliphatic heterocycles. The van der Waals surface area contributed by atoms with E-state index in [-0.39, 0.29) is 11.8 Å². The number of anilines is 2. The minimum atomic E-state index is -0.232. The van der Waals surface area contributed by atoms with Crippen LogP contribution >= 0.6 is 0 Å². The number of nitrogens with zero attached hydrogens (tertiary/aromatic N) is 2. The molecule has 0 aliphatic carbocycles. The number of carbonyl (C=O) groups excluding carboxylic acids is 2. The van der Waals surface area contributed by atoms with Gasteiger partial charge in [0.25, 0.3) is 5.91 Å². The Kier molecular flexibility index (Phi) is 4.38. The Balaban J connectivity index is 1.78. The van der Waals surface area contributed by atoms with Gasteiger partial charge in [0.1, 0.15) is 0 Å². The maximum atomic E-state index is 12.4. The fourth-order valence-corrected chi connectivity index (χ4v) is 2.29. The summed E-state index contributed by atoms with van der Waals surface area (Å²) in [5.41, 5.74) is 2.56. The quantitative estimate of drug-likeness (QED) is 0.775. The molecule has 1 heterocycles. The van der Waals surface area contributed by atoms with Crippen molar-refractivity contribution in [2.45, 2.75) is 6.92 Å². The molecular formula is C18H16N4O2. The van der Waals surface area contributed by atoms with E-state index in [1.165, 1.54) is 6.92 Å². The first-order chi connectivity index (χ1) is 11.6. The smallest absolute Gasteiger partial charge is 0.255 e. The molecule has 2 N–H and O–H groups in total. The predicted octanol–water partition coefficient (Wildman–Crippen LogP) is 3.08. The molecule has 2 amide bonds. The zero-order chi connectivity index (χ0) is 16.9. The number of aromatic nitrogens is 2. The molecule has 3 aromatic rings. The summed E-state index contributed by atoms with van der Waals surface area (Å²) in [6, 6.07) is 16.0. The zero-order valence-corrected chi connectivity index (χ0v) is 13.1. The summed E-state index contributed by atoms with van der Waals surface area (Å²) in [6.07, 6.45) is 3.49. The monoisotopic (exact) mass is 320 g/mol. The standard InChI is InChI=1S/C18H16N4O2/c1-13(23)20-15-6-3-7-16(12-15)21-18(24)14-5-2-8-17(11-14)22-10-4-9-19-22/h2-12H,1H3,(H,20,23)(H,21,24). The van der Waals surface area contributed by atoms with Gasteiger partial charge < -0.3 is 10.6 Å².